The van der Waals surface area contributed by atoms with Gasteiger partial charge in [-0.2, -0.15) is 0 Å². The summed E-state index contributed by atoms with van der Waals surface area (Å²) in [6.07, 6.45) is 3.26. The van der Waals surface area contributed by atoms with E-state index in [4.69, 9.17) is 5.73 Å². The molecule has 19 heavy (non-hydrogen) atoms. The highest BCUT2D eigenvalue weighted by Gasteiger charge is 2.14. The number of rotatable bonds is 5. The molecular weight excluding hydrogens is 236 g/mol. The van der Waals surface area contributed by atoms with E-state index in [0.717, 1.165) is 36.3 Å². The molecule has 0 radical (unpaired) electrons. The Labute approximate surface area is 114 Å². The van der Waals surface area contributed by atoms with Crippen LogP contribution in [0.25, 0.3) is 5.69 Å². The molecule has 4 heteroatoms. The molecule has 0 bridgehead atoms. The molecule has 0 atom stereocenters. The van der Waals surface area contributed by atoms with E-state index >= 15 is 0 Å². The van der Waals surface area contributed by atoms with Crippen molar-refractivity contribution in [2.75, 3.05) is 0 Å². The Balaban J connectivity index is 2.49. The molecule has 1 aromatic carbocycles. The van der Waals surface area contributed by atoms with Gasteiger partial charge in [0.1, 0.15) is 0 Å². The molecule has 0 saturated heterocycles. The van der Waals surface area contributed by atoms with Gasteiger partial charge >= 0.3 is 0 Å². The summed E-state index contributed by atoms with van der Waals surface area (Å²) < 4.78 is 1.96. The zero-order valence-electron chi connectivity index (χ0n) is 12.0. The molecule has 0 aliphatic rings. The van der Waals surface area contributed by atoms with Crippen LogP contribution >= 0.6 is 0 Å². The van der Waals surface area contributed by atoms with Gasteiger partial charge in [0.25, 0.3) is 0 Å². The summed E-state index contributed by atoms with van der Waals surface area (Å²) in [5.41, 5.74) is 11.4. The maximum Gasteiger partial charge on any atom is 0.0999 e. The number of benzene rings is 1. The summed E-state index contributed by atoms with van der Waals surface area (Å²) in [6.45, 7) is 6.83. The summed E-state index contributed by atoms with van der Waals surface area (Å²) in [4.78, 5) is 0. The van der Waals surface area contributed by atoms with Crippen molar-refractivity contribution in [3.05, 3.63) is 40.7 Å². The Kier molecular flexibility index (Phi) is 4.32. The van der Waals surface area contributed by atoms with Crippen LogP contribution in [0.15, 0.2) is 18.2 Å². The van der Waals surface area contributed by atoms with E-state index in [-0.39, 0.29) is 0 Å². The van der Waals surface area contributed by atoms with Gasteiger partial charge < -0.3 is 5.73 Å². The van der Waals surface area contributed by atoms with Crippen LogP contribution in [0.4, 0.5) is 0 Å². The molecule has 0 fully saturated rings. The molecule has 2 N–H and O–H groups in total. The fourth-order valence-corrected chi connectivity index (χ4v) is 2.23. The largest absolute Gasteiger partial charge is 0.325 e. The minimum atomic E-state index is 0.448. The highest BCUT2D eigenvalue weighted by molar-refractivity contribution is 5.43. The molecule has 2 aromatic rings. The highest BCUT2D eigenvalue weighted by Crippen LogP contribution is 2.19. The van der Waals surface area contributed by atoms with Gasteiger partial charge in [-0.25, -0.2) is 4.68 Å². The van der Waals surface area contributed by atoms with Crippen molar-refractivity contribution < 1.29 is 0 Å². The first-order valence-corrected chi connectivity index (χ1v) is 6.88. The van der Waals surface area contributed by atoms with Crippen LogP contribution in [0.2, 0.25) is 0 Å². The average Bonchev–Trinajstić information content (AvgIpc) is 2.81. The number of unbranched alkanes of at least 4 members (excludes halogenated alkanes) is 1. The lowest BCUT2D eigenvalue weighted by atomic mass is 10.1. The summed E-state index contributed by atoms with van der Waals surface area (Å²) in [6, 6.07) is 6.39. The predicted molar refractivity (Wildman–Crippen MR) is 77.3 cm³/mol. The minimum Gasteiger partial charge on any atom is -0.325 e. The molecule has 102 valence electrons. The molecule has 0 spiro atoms. The fraction of sp³-hybridized carbons (Fsp3) is 0.467. The first-order chi connectivity index (χ1) is 9.17. The Hall–Kier alpha value is -1.68. The third kappa shape index (κ3) is 2.84. The first kappa shape index (κ1) is 13.7. The van der Waals surface area contributed by atoms with Gasteiger partial charge in [-0.1, -0.05) is 30.7 Å². The second kappa shape index (κ2) is 5.97. The lowest BCUT2D eigenvalue weighted by molar-refractivity contribution is 0.711. The topological polar surface area (TPSA) is 56.7 Å². The Bertz CT molecular complexity index is 557. The van der Waals surface area contributed by atoms with Crippen LogP contribution in [0, 0.1) is 13.8 Å². The van der Waals surface area contributed by atoms with Crippen LogP contribution in [-0.2, 0) is 13.0 Å². The molecule has 2 rings (SSSR count). The van der Waals surface area contributed by atoms with Crippen molar-refractivity contribution in [1.82, 2.24) is 15.0 Å². The van der Waals surface area contributed by atoms with Crippen LogP contribution in [0.5, 0.6) is 0 Å². The summed E-state index contributed by atoms with van der Waals surface area (Å²) in [5.74, 6) is 0. The Morgan fingerprint density at radius 1 is 1.26 bits per heavy atom. The van der Waals surface area contributed by atoms with Crippen molar-refractivity contribution in [2.24, 2.45) is 5.73 Å². The number of hydrogen-bond donors (Lipinski definition) is 1. The van der Waals surface area contributed by atoms with Gasteiger partial charge in [-0.05, 0) is 43.9 Å². The van der Waals surface area contributed by atoms with E-state index in [1.807, 2.05) is 4.68 Å². The molecule has 0 amide bonds. The van der Waals surface area contributed by atoms with Crippen LogP contribution in [0.1, 0.15) is 42.3 Å². The van der Waals surface area contributed by atoms with Crippen molar-refractivity contribution >= 4 is 0 Å². The standard InChI is InChI=1S/C15H22N4/c1-4-5-6-14-13(10-16)17-18-19(14)15-9-11(2)7-8-12(15)3/h7-9H,4-6,10,16H2,1-3H3. The molecule has 0 unspecified atom stereocenters. The summed E-state index contributed by atoms with van der Waals surface area (Å²) in [5, 5.41) is 8.52. The normalized spacial score (nSPS) is 10.9. The van der Waals surface area contributed by atoms with Gasteiger partial charge in [0, 0.05) is 6.54 Å². The highest BCUT2D eigenvalue weighted by atomic mass is 15.4. The van der Waals surface area contributed by atoms with Gasteiger partial charge in [-0.15, -0.1) is 5.10 Å². The Morgan fingerprint density at radius 3 is 2.74 bits per heavy atom. The molecular formula is C15H22N4. The van der Waals surface area contributed by atoms with E-state index in [0.29, 0.717) is 6.54 Å². The SMILES string of the molecule is CCCCc1c(CN)nnn1-c1cc(C)ccc1C. The van der Waals surface area contributed by atoms with Crippen molar-refractivity contribution in [1.29, 1.82) is 0 Å². The Morgan fingerprint density at radius 2 is 2.05 bits per heavy atom. The van der Waals surface area contributed by atoms with Gasteiger partial charge in [0.15, 0.2) is 0 Å². The third-order valence-corrected chi connectivity index (χ3v) is 3.40. The van der Waals surface area contributed by atoms with Crippen molar-refractivity contribution in [2.45, 2.75) is 46.6 Å². The predicted octanol–water partition coefficient (Wildman–Crippen LogP) is 2.69. The van der Waals surface area contributed by atoms with Crippen molar-refractivity contribution in [3.8, 4) is 5.69 Å². The molecule has 0 aliphatic carbocycles. The van der Waals surface area contributed by atoms with E-state index in [1.54, 1.807) is 0 Å². The lowest BCUT2D eigenvalue weighted by Crippen LogP contribution is -2.07. The molecule has 1 aromatic heterocycles. The molecule has 1 heterocycles. The number of aromatic nitrogens is 3. The maximum absolute atomic E-state index is 5.77. The summed E-state index contributed by atoms with van der Waals surface area (Å²) >= 11 is 0. The zero-order valence-corrected chi connectivity index (χ0v) is 12.0. The van der Waals surface area contributed by atoms with Gasteiger partial charge in [0.2, 0.25) is 0 Å². The number of hydrogen-bond acceptors (Lipinski definition) is 3. The fourth-order valence-electron chi connectivity index (χ4n) is 2.23. The number of aryl methyl sites for hydroxylation is 2. The second-order valence-electron chi connectivity index (χ2n) is 4.99. The average molecular weight is 258 g/mol. The molecule has 0 aliphatic heterocycles. The van der Waals surface area contributed by atoms with E-state index < -0.39 is 0 Å². The lowest BCUT2D eigenvalue weighted by Gasteiger charge is -2.10. The summed E-state index contributed by atoms with van der Waals surface area (Å²) in [7, 11) is 0. The van der Waals surface area contributed by atoms with Gasteiger partial charge in [0.05, 0.1) is 17.1 Å². The van der Waals surface area contributed by atoms with E-state index in [9.17, 15) is 0 Å². The molecule has 0 saturated carbocycles. The van der Waals surface area contributed by atoms with Crippen molar-refractivity contribution in [3.63, 3.8) is 0 Å². The van der Waals surface area contributed by atoms with Gasteiger partial charge in [-0.3, -0.25) is 0 Å². The third-order valence-electron chi connectivity index (χ3n) is 3.40. The van der Waals surface area contributed by atoms with Crippen LogP contribution in [0.3, 0.4) is 0 Å². The molecule has 4 nitrogen and oxygen atoms in total. The first-order valence-electron chi connectivity index (χ1n) is 6.88. The van der Waals surface area contributed by atoms with E-state index in [1.165, 1.54) is 11.1 Å². The number of nitrogens with zero attached hydrogens (tertiary/aromatic N) is 3. The zero-order chi connectivity index (χ0) is 13.8. The van der Waals surface area contributed by atoms with Crippen LogP contribution in [-0.4, -0.2) is 15.0 Å². The quantitative estimate of drug-likeness (QED) is 0.897. The van der Waals surface area contributed by atoms with Crippen LogP contribution < -0.4 is 5.73 Å². The smallest absolute Gasteiger partial charge is 0.0999 e. The monoisotopic (exact) mass is 258 g/mol. The maximum atomic E-state index is 5.77. The van der Waals surface area contributed by atoms with E-state index in [2.05, 4.69) is 49.3 Å². The number of nitrogens with two attached hydrogens (primary N) is 1. The second-order valence-corrected chi connectivity index (χ2v) is 4.99. The minimum absolute atomic E-state index is 0.448.